The van der Waals surface area contributed by atoms with Crippen LogP contribution >= 0.6 is 0 Å². The van der Waals surface area contributed by atoms with Gasteiger partial charge in [0.15, 0.2) is 0 Å². The summed E-state index contributed by atoms with van der Waals surface area (Å²) in [6.45, 7) is -0.0392. The van der Waals surface area contributed by atoms with E-state index in [4.69, 9.17) is 4.74 Å². The van der Waals surface area contributed by atoms with Crippen molar-refractivity contribution in [3.63, 3.8) is 0 Å². The fraction of sp³-hybridized carbons (Fsp3) is 0.167. The van der Waals surface area contributed by atoms with Gasteiger partial charge in [-0.2, -0.15) is 0 Å². The van der Waals surface area contributed by atoms with E-state index in [-0.39, 0.29) is 24.2 Å². The Morgan fingerprint density at radius 1 is 0.935 bits per heavy atom. The van der Waals surface area contributed by atoms with E-state index in [9.17, 15) is 14.0 Å². The van der Waals surface area contributed by atoms with E-state index in [0.29, 0.717) is 17.1 Å². The molecule has 0 aliphatic carbocycles. The summed E-state index contributed by atoms with van der Waals surface area (Å²) in [6, 6.07) is 21.1. The van der Waals surface area contributed by atoms with E-state index in [1.54, 1.807) is 43.3 Å². The molecule has 0 saturated heterocycles. The highest BCUT2D eigenvalue weighted by molar-refractivity contribution is 5.97. The first kappa shape index (κ1) is 22.0. The average molecular weight is 421 g/mol. The molecular formula is C24H24FN3O3. The van der Waals surface area contributed by atoms with Crippen LogP contribution in [0.25, 0.3) is 0 Å². The van der Waals surface area contributed by atoms with Crippen molar-refractivity contribution >= 4 is 23.2 Å². The molecule has 3 aromatic carbocycles. The molecule has 3 rings (SSSR count). The molecule has 0 aromatic heterocycles. The first-order chi connectivity index (χ1) is 15.0. The monoisotopic (exact) mass is 421 g/mol. The summed E-state index contributed by atoms with van der Waals surface area (Å²) < 4.78 is 18.3. The van der Waals surface area contributed by atoms with Crippen molar-refractivity contribution in [1.82, 2.24) is 4.90 Å². The lowest BCUT2D eigenvalue weighted by molar-refractivity contribution is -0.123. The lowest BCUT2D eigenvalue weighted by Gasteiger charge is -2.27. The molecule has 31 heavy (non-hydrogen) atoms. The second-order valence-corrected chi connectivity index (χ2v) is 7.00. The van der Waals surface area contributed by atoms with Crippen LogP contribution in [0.2, 0.25) is 0 Å². The highest BCUT2D eigenvalue weighted by Gasteiger charge is 2.26. The fourth-order valence-corrected chi connectivity index (χ4v) is 3.20. The Hall–Kier alpha value is -3.71. The Kier molecular flexibility index (Phi) is 7.35. The van der Waals surface area contributed by atoms with Gasteiger partial charge in [0.25, 0.3) is 0 Å². The summed E-state index contributed by atoms with van der Waals surface area (Å²) in [5.41, 5.74) is 1.83. The predicted molar refractivity (Wildman–Crippen MR) is 118 cm³/mol. The third-order valence-electron chi connectivity index (χ3n) is 4.66. The largest absolute Gasteiger partial charge is 0.497 e. The number of methoxy groups -OCH3 is 1. The molecule has 0 heterocycles. The minimum absolute atomic E-state index is 0.0392. The van der Waals surface area contributed by atoms with Crippen LogP contribution in [0.3, 0.4) is 0 Å². The molecule has 0 aliphatic rings. The van der Waals surface area contributed by atoms with Gasteiger partial charge in [0.1, 0.15) is 17.6 Å². The molecule has 0 fully saturated rings. The van der Waals surface area contributed by atoms with Gasteiger partial charge in [-0.1, -0.05) is 36.4 Å². The molecular weight excluding hydrogens is 397 g/mol. The zero-order valence-corrected chi connectivity index (χ0v) is 17.3. The van der Waals surface area contributed by atoms with Gasteiger partial charge in [-0.15, -0.1) is 0 Å². The first-order valence-electron chi connectivity index (χ1n) is 9.72. The molecule has 2 N–H and O–H groups in total. The topological polar surface area (TPSA) is 70.7 Å². The number of ether oxygens (including phenoxy) is 1. The zero-order valence-electron chi connectivity index (χ0n) is 17.3. The fourth-order valence-electron chi connectivity index (χ4n) is 3.20. The lowest BCUT2D eigenvalue weighted by Crippen LogP contribution is -2.39. The normalized spacial score (nSPS) is 11.6. The smallest absolute Gasteiger partial charge is 0.246 e. The van der Waals surface area contributed by atoms with E-state index >= 15 is 0 Å². The number of nitrogens with zero attached hydrogens (tertiary/aromatic N) is 1. The van der Waals surface area contributed by atoms with Crippen molar-refractivity contribution in [2.24, 2.45) is 0 Å². The van der Waals surface area contributed by atoms with Crippen LogP contribution in [0.1, 0.15) is 11.6 Å². The summed E-state index contributed by atoms with van der Waals surface area (Å²) in [4.78, 5) is 27.3. The van der Waals surface area contributed by atoms with Gasteiger partial charge in [-0.05, 0) is 49.0 Å². The number of benzene rings is 3. The quantitative estimate of drug-likeness (QED) is 0.575. The second kappa shape index (κ2) is 10.4. The third kappa shape index (κ3) is 6.13. The van der Waals surface area contributed by atoms with E-state index in [2.05, 4.69) is 10.6 Å². The van der Waals surface area contributed by atoms with Gasteiger partial charge >= 0.3 is 0 Å². The number of likely N-dealkylation sites (N-methyl/N-ethyl adjacent to an activating group) is 1. The Bertz CT molecular complexity index is 1030. The van der Waals surface area contributed by atoms with Gasteiger partial charge in [0, 0.05) is 17.4 Å². The Morgan fingerprint density at radius 3 is 2.32 bits per heavy atom. The van der Waals surface area contributed by atoms with Gasteiger partial charge in [-0.3, -0.25) is 14.5 Å². The highest BCUT2D eigenvalue weighted by atomic mass is 19.1. The Labute approximate surface area is 180 Å². The number of hydrogen-bond acceptors (Lipinski definition) is 4. The van der Waals surface area contributed by atoms with Crippen molar-refractivity contribution < 1.29 is 18.7 Å². The predicted octanol–water partition coefficient (Wildman–Crippen LogP) is 4.08. The standard InChI is InChI=1S/C24H24FN3O3/c1-28(16-22(29)26-19-13-11-18(25)12-14-19)23(17-7-4-3-5-8-17)24(30)27-20-9-6-10-21(15-20)31-2/h3-15,23H,16H2,1-2H3,(H,26,29)(H,27,30)/t23-/m1/s1. The number of carbonyl (C=O) groups excluding carboxylic acids is 2. The van der Waals surface area contributed by atoms with Crippen LogP contribution in [-0.2, 0) is 9.59 Å². The number of hydrogen-bond donors (Lipinski definition) is 2. The van der Waals surface area contributed by atoms with Crippen LogP contribution in [0, 0.1) is 5.82 Å². The molecule has 2 amide bonds. The molecule has 0 radical (unpaired) electrons. The van der Waals surface area contributed by atoms with Crippen molar-refractivity contribution in [3.05, 3.63) is 90.2 Å². The molecule has 3 aromatic rings. The number of carbonyl (C=O) groups is 2. The van der Waals surface area contributed by atoms with Crippen molar-refractivity contribution in [2.45, 2.75) is 6.04 Å². The summed E-state index contributed by atoms with van der Waals surface area (Å²) in [6.07, 6.45) is 0. The maximum Gasteiger partial charge on any atom is 0.246 e. The van der Waals surface area contributed by atoms with E-state index in [1.807, 2.05) is 30.3 Å². The minimum atomic E-state index is -0.702. The molecule has 0 bridgehead atoms. The van der Waals surface area contributed by atoms with E-state index in [0.717, 1.165) is 5.56 Å². The molecule has 7 heteroatoms. The minimum Gasteiger partial charge on any atom is -0.497 e. The Morgan fingerprint density at radius 2 is 1.65 bits per heavy atom. The summed E-state index contributed by atoms with van der Waals surface area (Å²) in [5, 5.41) is 5.61. The SMILES string of the molecule is COc1cccc(NC(=O)[C@@H](c2ccccc2)N(C)CC(=O)Nc2ccc(F)cc2)c1. The zero-order chi connectivity index (χ0) is 22.2. The molecule has 0 aliphatic heterocycles. The number of halogens is 1. The molecule has 0 unspecified atom stereocenters. The van der Waals surface area contributed by atoms with E-state index in [1.165, 1.54) is 24.3 Å². The molecule has 6 nitrogen and oxygen atoms in total. The first-order valence-corrected chi connectivity index (χ1v) is 9.72. The van der Waals surface area contributed by atoms with E-state index < -0.39 is 6.04 Å². The summed E-state index contributed by atoms with van der Waals surface area (Å²) >= 11 is 0. The maximum atomic E-state index is 13.2. The maximum absolute atomic E-state index is 13.2. The molecule has 1 atom stereocenters. The van der Waals surface area contributed by atoms with Gasteiger partial charge < -0.3 is 15.4 Å². The van der Waals surface area contributed by atoms with Gasteiger partial charge in [-0.25, -0.2) is 4.39 Å². The molecule has 0 spiro atoms. The highest BCUT2D eigenvalue weighted by Crippen LogP contribution is 2.23. The van der Waals surface area contributed by atoms with Crippen LogP contribution < -0.4 is 15.4 Å². The van der Waals surface area contributed by atoms with Crippen molar-refractivity contribution in [3.8, 4) is 5.75 Å². The lowest BCUT2D eigenvalue weighted by atomic mass is 10.0. The number of nitrogens with one attached hydrogen (secondary N) is 2. The van der Waals surface area contributed by atoms with Gasteiger partial charge in [0.05, 0.1) is 13.7 Å². The van der Waals surface area contributed by atoms with Crippen molar-refractivity contribution in [1.29, 1.82) is 0 Å². The van der Waals surface area contributed by atoms with Gasteiger partial charge in [0.2, 0.25) is 11.8 Å². The number of amides is 2. The van der Waals surface area contributed by atoms with Crippen LogP contribution in [-0.4, -0.2) is 37.4 Å². The van der Waals surface area contributed by atoms with Crippen LogP contribution in [0.4, 0.5) is 15.8 Å². The van der Waals surface area contributed by atoms with Crippen LogP contribution in [0.5, 0.6) is 5.75 Å². The summed E-state index contributed by atoms with van der Waals surface area (Å²) in [7, 11) is 3.26. The van der Waals surface area contributed by atoms with Crippen molar-refractivity contribution in [2.75, 3.05) is 31.3 Å². The number of anilines is 2. The molecule has 0 saturated carbocycles. The third-order valence-corrected chi connectivity index (χ3v) is 4.66. The molecule has 160 valence electrons. The average Bonchev–Trinajstić information content (AvgIpc) is 2.76. The Balaban J connectivity index is 1.75. The number of rotatable bonds is 8. The second-order valence-electron chi connectivity index (χ2n) is 7.00. The summed E-state index contributed by atoms with van der Waals surface area (Å²) in [5.74, 6) is -0.352. The van der Waals surface area contributed by atoms with Crippen LogP contribution in [0.15, 0.2) is 78.9 Å².